The first kappa shape index (κ1) is 20.4. The van der Waals surface area contributed by atoms with E-state index in [9.17, 15) is 9.59 Å². The molecule has 5 nitrogen and oxygen atoms in total. The normalized spacial score (nSPS) is 16.9. The van der Waals surface area contributed by atoms with Crippen LogP contribution >= 0.6 is 11.3 Å². The lowest BCUT2D eigenvalue weighted by Crippen LogP contribution is -2.30. The summed E-state index contributed by atoms with van der Waals surface area (Å²) in [5.74, 6) is 0.781. The van der Waals surface area contributed by atoms with Gasteiger partial charge in [-0.2, -0.15) is 0 Å². The molecule has 0 saturated carbocycles. The van der Waals surface area contributed by atoms with Crippen LogP contribution in [0, 0.1) is 12.3 Å². The van der Waals surface area contributed by atoms with Crippen molar-refractivity contribution < 1.29 is 14.3 Å². The number of rotatable bonds is 4. The lowest BCUT2D eigenvalue weighted by Gasteiger charge is -2.25. The number of amides is 2. The van der Waals surface area contributed by atoms with E-state index < -0.39 is 5.41 Å². The molecule has 2 amide bonds. The van der Waals surface area contributed by atoms with Gasteiger partial charge in [-0.15, -0.1) is 11.3 Å². The van der Waals surface area contributed by atoms with Crippen molar-refractivity contribution >= 4 is 28.2 Å². The Bertz CT molecular complexity index is 882. The topological polar surface area (TPSA) is 58.6 Å². The molecule has 1 aromatic carbocycles. The van der Waals surface area contributed by atoms with E-state index in [1.165, 1.54) is 11.3 Å². The predicted octanol–water partition coefficient (Wildman–Crippen LogP) is 5.03. The minimum atomic E-state index is -0.478. The maximum Gasteiger partial charge on any atom is 0.264 e. The first-order chi connectivity index (χ1) is 13.2. The second kappa shape index (κ2) is 7.95. The van der Waals surface area contributed by atoms with Crippen molar-refractivity contribution in [2.24, 2.45) is 5.41 Å². The van der Waals surface area contributed by atoms with Crippen molar-refractivity contribution in [1.82, 2.24) is 4.90 Å². The lowest BCUT2D eigenvalue weighted by atomic mass is 9.96. The van der Waals surface area contributed by atoms with Crippen LogP contribution in [0.2, 0.25) is 0 Å². The Labute approximate surface area is 170 Å². The van der Waals surface area contributed by atoms with Crippen LogP contribution in [0.25, 0.3) is 0 Å². The molecule has 0 radical (unpaired) electrons. The first-order valence-corrected chi connectivity index (χ1v) is 10.4. The smallest absolute Gasteiger partial charge is 0.264 e. The zero-order valence-electron chi connectivity index (χ0n) is 17.2. The van der Waals surface area contributed by atoms with Crippen molar-refractivity contribution in [3.63, 3.8) is 0 Å². The monoisotopic (exact) mass is 400 g/mol. The number of hydrogen-bond donors (Lipinski definition) is 1. The molecule has 2 heterocycles. The van der Waals surface area contributed by atoms with Crippen LogP contribution in [0.15, 0.2) is 30.3 Å². The van der Waals surface area contributed by atoms with Gasteiger partial charge in [0.1, 0.15) is 5.75 Å². The SMILES string of the molecule is COc1cccc(C2CCCN2C(=O)c2sc(NC(=O)C(C)(C)C)cc2C)c1. The number of anilines is 1. The standard InChI is InChI=1S/C22H28N2O3S/c1-14-12-18(23-21(26)22(2,3)4)28-19(14)20(25)24-11-7-10-17(24)15-8-6-9-16(13-15)27-5/h6,8-9,12-13,17H,7,10-11H2,1-5H3,(H,23,26). The van der Waals surface area contributed by atoms with Crippen molar-refractivity contribution in [2.75, 3.05) is 19.0 Å². The molecule has 28 heavy (non-hydrogen) atoms. The minimum absolute atomic E-state index is 0.0316. The Balaban J connectivity index is 1.82. The molecule has 1 fully saturated rings. The zero-order valence-corrected chi connectivity index (χ0v) is 18.0. The van der Waals surface area contributed by atoms with Crippen LogP contribution < -0.4 is 10.1 Å². The highest BCUT2D eigenvalue weighted by molar-refractivity contribution is 7.18. The van der Waals surface area contributed by atoms with Gasteiger partial charge in [0, 0.05) is 12.0 Å². The van der Waals surface area contributed by atoms with E-state index in [1.807, 2.05) is 56.9 Å². The zero-order chi connectivity index (χ0) is 20.5. The molecular formula is C22H28N2O3S. The summed E-state index contributed by atoms with van der Waals surface area (Å²) in [6, 6.07) is 9.88. The molecule has 0 spiro atoms. The van der Waals surface area contributed by atoms with Crippen LogP contribution in [0.3, 0.4) is 0 Å². The molecule has 1 unspecified atom stereocenters. The molecule has 6 heteroatoms. The van der Waals surface area contributed by atoms with Gasteiger partial charge in [0.2, 0.25) is 5.91 Å². The van der Waals surface area contributed by atoms with Crippen molar-refractivity contribution in [3.05, 3.63) is 46.3 Å². The van der Waals surface area contributed by atoms with Gasteiger partial charge in [0.05, 0.1) is 23.0 Å². The van der Waals surface area contributed by atoms with E-state index in [4.69, 9.17) is 4.74 Å². The maximum absolute atomic E-state index is 13.3. The third kappa shape index (κ3) is 4.22. The molecule has 1 aromatic heterocycles. The molecule has 1 aliphatic rings. The highest BCUT2D eigenvalue weighted by Gasteiger charge is 2.32. The third-order valence-electron chi connectivity index (χ3n) is 5.02. The second-order valence-electron chi connectivity index (χ2n) is 8.26. The van der Waals surface area contributed by atoms with E-state index in [0.717, 1.165) is 41.3 Å². The molecule has 0 aliphatic carbocycles. The number of ether oxygens (including phenoxy) is 1. The fourth-order valence-corrected chi connectivity index (χ4v) is 4.41. The molecule has 2 aromatic rings. The minimum Gasteiger partial charge on any atom is -0.497 e. The molecule has 1 saturated heterocycles. The summed E-state index contributed by atoms with van der Waals surface area (Å²) >= 11 is 1.36. The van der Waals surface area contributed by atoms with Crippen LogP contribution in [0.4, 0.5) is 5.00 Å². The summed E-state index contributed by atoms with van der Waals surface area (Å²) in [4.78, 5) is 28.2. The first-order valence-electron chi connectivity index (χ1n) is 9.57. The highest BCUT2D eigenvalue weighted by atomic mass is 32.1. The van der Waals surface area contributed by atoms with E-state index >= 15 is 0 Å². The summed E-state index contributed by atoms with van der Waals surface area (Å²) in [6.45, 7) is 8.28. The largest absolute Gasteiger partial charge is 0.497 e. The van der Waals surface area contributed by atoms with Crippen LogP contribution in [0.1, 0.15) is 60.5 Å². The Morgan fingerprint density at radius 1 is 1.25 bits per heavy atom. The highest BCUT2D eigenvalue weighted by Crippen LogP contribution is 2.37. The van der Waals surface area contributed by atoms with Crippen LogP contribution in [0.5, 0.6) is 5.75 Å². The predicted molar refractivity (Wildman–Crippen MR) is 113 cm³/mol. The lowest BCUT2D eigenvalue weighted by molar-refractivity contribution is -0.123. The van der Waals surface area contributed by atoms with Crippen LogP contribution in [-0.4, -0.2) is 30.4 Å². The average molecular weight is 401 g/mol. The Morgan fingerprint density at radius 2 is 2.00 bits per heavy atom. The van der Waals surface area contributed by atoms with Gasteiger partial charge in [0.25, 0.3) is 5.91 Å². The number of benzene rings is 1. The average Bonchev–Trinajstić information content (AvgIpc) is 3.27. The van der Waals surface area contributed by atoms with Gasteiger partial charge >= 0.3 is 0 Å². The molecule has 3 rings (SSSR count). The van der Waals surface area contributed by atoms with Gasteiger partial charge in [-0.3, -0.25) is 9.59 Å². The number of likely N-dealkylation sites (tertiary alicyclic amines) is 1. The molecular weight excluding hydrogens is 372 g/mol. The fourth-order valence-electron chi connectivity index (χ4n) is 3.39. The summed E-state index contributed by atoms with van der Waals surface area (Å²) in [5.41, 5.74) is 1.52. The van der Waals surface area contributed by atoms with Gasteiger partial charge in [-0.1, -0.05) is 32.9 Å². The Morgan fingerprint density at radius 3 is 2.68 bits per heavy atom. The fraction of sp³-hybridized carbons (Fsp3) is 0.455. The molecule has 1 atom stereocenters. The summed E-state index contributed by atoms with van der Waals surface area (Å²) < 4.78 is 5.34. The molecule has 1 aliphatic heterocycles. The maximum atomic E-state index is 13.3. The number of thiophene rings is 1. The number of hydrogen-bond acceptors (Lipinski definition) is 4. The van der Waals surface area contributed by atoms with Gasteiger partial charge in [-0.05, 0) is 49.1 Å². The number of aryl methyl sites for hydroxylation is 1. The summed E-state index contributed by atoms with van der Waals surface area (Å²) in [7, 11) is 1.65. The number of carbonyl (C=O) groups is 2. The van der Waals surface area contributed by atoms with E-state index in [1.54, 1.807) is 7.11 Å². The van der Waals surface area contributed by atoms with Crippen molar-refractivity contribution in [1.29, 1.82) is 0 Å². The van der Waals surface area contributed by atoms with Crippen molar-refractivity contribution in [3.8, 4) is 5.75 Å². The molecule has 150 valence electrons. The van der Waals surface area contributed by atoms with E-state index in [2.05, 4.69) is 11.4 Å². The van der Waals surface area contributed by atoms with Crippen molar-refractivity contribution in [2.45, 2.75) is 46.6 Å². The number of nitrogens with zero attached hydrogens (tertiary/aromatic N) is 1. The Hall–Kier alpha value is -2.34. The van der Waals surface area contributed by atoms with Gasteiger partial charge < -0.3 is 15.0 Å². The van der Waals surface area contributed by atoms with Gasteiger partial charge in [-0.25, -0.2) is 0 Å². The summed E-state index contributed by atoms with van der Waals surface area (Å²) in [6.07, 6.45) is 1.92. The van der Waals surface area contributed by atoms with Gasteiger partial charge in [0.15, 0.2) is 0 Å². The Kier molecular flexibility index (Phi) is 5.79. The van der Waals surface area contributed by atoms with E-state index in [0.29, 0.717) is 4.88 Å². The number of nitrogens with one attached hydrogen (secondary N) is 1. The molecule has 1 N–H and O–H groups in total. The van der Waals surface area contributed by atoms with E-state index in [-0.39, 0.29) is 17.9 Å². The molecule has 0 bridgehead atoms. The number of methoxy groups -OCH3 is 1. The summed E-state index contributed by atoms with van der Waals surface area (Å²) in [5, 5.41) is 3.66. The quantitative estimate of drug-likeness (QED) is 0.783. The second-order valence-corrected chi connectivity index (χ2v) is 9.31. The van der Waals surface area contributed by atoms with Crippen LogP contribution in [-0.2, 0) is 4.79 Å². The third-order valence-corrected chi connectivity index (χ3v) is 6.16. The number of carbonyl (C=O) groups excluding carboxylic acids is 2.